The van der Waals surface area contributed by atoms with Gasteiger partial charge in [-0.15, -0.1) is 0 Å². The van der Waals surface area contributed by atoms with Gasteiger partial charge in [0.05, 0.1) is 38.7 Å². The molecule has 4 rings (SSSR count). The predicted molar refractivity (Wildman–Crippen MR) is 162 cm³/mol. The molecule has 1 unspecified atom stereocenters. The third-order valence-electron chi connectivity index (χ3n) is 6.78. The minimum Gasteiger partial charge on any atom is -0.378 e. The number of amides is 2. The van der Waals surface area contributed by atoms with E-state index in [0.29, 0.717) is 68.2 Å². The molecule has 2 amide bonds. The number of carbonyl (C=O) groups is 2. The Labute approximate surface area is 250 Å². The molecule has 1 saturated heterocycles. The Kier molecular flexibility index (Phi) is 12.3. The summed E-state index contributed by atoms with van der Waals surface area (Å²) < 4.78 is 29.8. The predicted octanol–water partition coefficient (Wildman–Crippen LogP) is 3.70. The monoisotopic (exact) mass is 594 g/mol. The fourth-order valence-electron chi connectivity index (χ4n) is 4.66. The van der Waals surface area contributed by atoms with Crippen LogP contribution < -0.4 is 16.4 Å². The lowest BCUT2D eigenvalue weighted by Gasteiger charge is -2.31. The first-order chi connectivity index (χ1) is 20.9. The van der Waals surface area contributed by atoms with Crippen LogP contribution in [0.5, 0.6) is 0 Å². The van der Waals surface area contributed by atoms with Gasteiger partial charge in [0.15, 0.2) is 0 Å². The van der Waals surface area contributed by atoms with Crippen molar-refractivity contribution in [3.05, 3.63) is 66.2 Å². The Hall–Kier alpha value is -3.97. The number of nitrogens with zero attached hydrogens (tertiary/aromatic N) is 3. The fourth-order valence-corrected chi connectivity index (χ4v) is 4.66. The van der Waals surface area contributed by atoms with Gasteiger partial charge in [-0.25, -0.2) is 14.4 Å². The van der Waals surface area contributed by atoms with Crippen molar-refractivity contribution < 1.29 is 28.2 Å². The van der Waals surface area contributed by atoms with Gasteiger partial charge in [-0.05, 0) is 43.2 Å². The van der Waals surface area contributed by atoms with Crippen LogP contribution in [0.15, 0.2) is 54.6 Å². The first-order valence-electron chi connectivity index (χ1n) is 14.4. The lowest BCUT2D eigenvalue weighted by Crippen LogP contribution is -2.38. The molecule has 1 aromatic heterocycles. The van der Waals surface area contributed by atoms with E-state index < -0.39 is 0 Å². The molecule has 1 aliphatic rings. The number of nitrogens with one attached hydrogen (secondary N) is 2. The number of piperidine rings is 1. The van der Waals surface area contributed by atoms with Gasteiger partial charge in [0.25, 0.3) is 0 Å². The first kappa shape index (κ1) is 32.0. The number of nitrogens with two attached hydrogens (primary N) is 1. The number of hydrogen-bond acceptors (Lipinski definition) is 9. The van der Waals surface area contributed by atoms with Crippen molar-refractivity contribution in [3.8, 4) is 11.3 Å². The normalized spacial score (nSPS) is 14.9. The van der Waals surface area contributed by atoms with Gasteiger partial charge in [0, 0.05) is 55.5 Å². The summed E-state index contributed by atoms with van der Waals surface area (Å²) in [5.41, 5.74) is 8.00. The summed E-state index contributed by atoms with van der Waals surface area (Å²) in [6.07, 6.45) is 1.72. The first-order valence-corrected chi connectivity index (χ1v) is 14.4. The Morgan fingerprint density at radius 2 is 1.72 bits per heavy atom. The quantitative estimate of drug-likeness (QED) is 0.225. The summed E-state index contributed by atoms with van der Waals surface area (Å²) in [7, 11) is 0. The molecule has 11 nitrogen and oxygen atoms in total. The molecule has 12 heteroatoms. The van der Waals surface area contributed by atoms with Gasteiger partial charge >= 0.3 is 0 Å². The second-order valence-corrected chi connectivity index (χ2v) is 10.1. The molecule has 2 aromatic carbocycles. The van der Waals surface area contributed by atoms with E-state index in [2.05, 4.69) is 10.6 Å². The SMILES string of the molecule is CC(=O)N1CCCC(c2nc(Nc3cccc(F)c3)cc(-c3ccc(NC(=O)COCCOCCOCCN)cc3)n2)C1. The van der Waals surface area contributed by atoms with E-state index >= 15 is 0 Å². The zero-order chi connectivity index (χ0) is 30.4. The fraction of sp³-hybridized carbons (Fsp3) is 0.419. The van der Waals surface area contributed by atoms with E-state index in [0.717, 1.165) is 24.9 Å². The van der Waals surface area contributed by atoms with Gasteiger partial charge < -0.3 is 35.5 Å². The summed E-state index contributed by atoms with van der Waals surface area (Å²) in [4.78, 5) is 35.8. The lowest BCUT2D eigenvalue weighted by molar-refractivity contribution is -0.130. The number of anilines is 3. The van der Waals surface area contributed by atoms with E-state index in [1.165, 1.54) is 12.1 Å². The minimum atomic E-state index is -0.357. The van der Waals surface area contributed by atoms with Crippen molar-refractivity contribution >= 4 is 29.0 Å². The highest BCUT2D eigenvalue weighted by Crippen LogP contribution is 2.30. The molecule has 0 aliphatic carbocycles. The molecule has 0 spiro atoms. The average Bonchev–Trinajstić information content (AvgIpc) is 3.00. The molecule has 1 aliphatic heterocycles. The zero-order valence-corrected chi connectivity index (χ0v) is 24.4. The lowest BCUT2D eigenvalue weighted by atomic mass is 9.96. The summed E-state index contributed by atoms with van der Waals surface area (Å²) in [5, 5.41) is 6.01. The highest BCUT2D eigenvalue weighted by Gasteiger charge is 2.26. The summed E-state index contributed by atoms with van der Waals surface area (Å²) >= 11 is 0. The van der Waals surface area contributed by atoms with Crippen molar-refractivity contribution in [3.63, 3.8) is 0 Å². The van der Waals surface area contributed by atoms with Crippen LogP contribution in [0.25, 0.3) is 11.3 Å². The standard InChI is InChI=1S/C31H39FN6O5/c1-22(39)38-12-3-4-24(20-38)31-36-28(19-29(37-31)34-27-6-2-5-25(32)18-27)23-7-9-26(10-8-23)35-30(40)21-43-17-16-42-15-14-41-13-11-33/h2,5-10,18-19,24H,3-4,11-17,20-21,33H2,1H3,(H,35,40)(H,34,36,37). The number of carbonyl (C=O) groups excluding carboxylic acids is 2. The van der Waals surface area contributed by atoms with E-state index in [1.807, 2.05) is 17.0 Å². The van der Waals surface area contributed by atoms with Crippen molar-refractivity contribution in [2.24, 2.45) is 5.73 Å². The number of aromatic nitrogens is 2. The van der Waals surface area contributed by atoms with Gasteiger partial charge in [0.1, 0.15) is 24.1 Å². The number of likely N-dealkylation sites (tertiary alicyclic amines) is 1. The molecule has 0 bridgehead atoms. The summed E-state index contributed by atoms with van der Waals surface area (Å²) in [6.45, 7) is 5.26. The molecule has 3 aromatic rings. The third kappa shape index (κ3) is 10.4. The van der Waals surface area contributed by atoms with Crippen LogP contribution in [-0.4, -0.2) is 86.0 Å². The van der Waals surface area contributed by atoms with Crippen molar-refractivity contribution in [2.45, 2.75) is 25.7 Å². The van der Waals surface area contributed by atoms with Crippen LogP contribution in [0.1, 0.15) is 31.5 Å². The van der Waals surface area contributed by atoms with Crippen molar-refractivity contribution in [2.75, 3.05) is 69.9 Å². The molecule has 0 saturated carbocycles. The molecule has 2 heterocycles. The third-order valence-corrected chi connectivity index (χ3v) is 6.78. The maximum Gasteiger partial charge on any atom is 0.250 e. The molecule has 230 valence electrons. The second-order valence-electron chi connectivity index (χ2n) is 10.1. The Bertz CT molecular complexity index is 1340. The topological polar surface area (TPSA) is 141 Å². The smallest absolute Gasteiger partial charge is 0.250 e. The number of hydrogen-bond donors (Lipinski definition) is 3. The largest absolute Gasteiger partial charge is 0.378 e. The van der Waals surface area contributed by atoms with Crippen LogP contribution in [-0.2, 0) is 23.8 Å². The van der Waals surface area contributed by atoms with Gasteiger partial charge in [-0.3, -0.25) is 9.59 Å². The van der Waals surface area contributed by atoms with E-state index in [4.69, 9.17) is 29.9 Å². The highest BCUT2D eigenvalue weighted by molar-refractivity contribution is 5.92. The molecule has 4 N–H and O–H groups in total. The highest BCUT2D eigenvalue weighted by atomic mass is 19.1. The van der Waals surface area contributed by atoms with Crippen LogP contribution >= 0.6 is 0 Å². The second kappa shape index (κ2) is 16.6. The van der Waals surface area contributed by atoms with Gasteiger partial charge in [0.2, 0.25) is 11.8 Å². The Morgan fingerprint density at radius 3 is 2.44 bits per heavy atom. The van der Waals surface area contributed by atoms with Gasteiger partial charge in [-0.2, -0.15) is 0 Å². The maximum atomic E-state index is 13.8. The van der Waals surface area contributed by atoms with Crippen LogP contribution in [0.4, 0.5) is 21.6 Å². The summed E-state index contributed by atoms with van der Waals surface area (Å²) in [5.74, 6) is 0.497. The molecular weight excluding hydrogens is 555 g/mol. The summed E-state index contributed by atoms with van der Waals surface area (Å²) in [6, 6.07) is 15.3. The zero-order valence-electron chi connectivity index (χ0n) is 24.4. The number of rotatable bonds is 15. The van der Waals surface area contributed by atoms with Crippen LogP contribution in [0, 0.1) is 5.82 Å². The molecule has 43 heavy (non-hydrogen) atoms. The minimum absolute atomic E-state index is 0.0273. The number of halogens is 1. The van der Waals surface area contributed by atoms with Crippen molar-refractivity contribution in [1.29, 1.82) is 0 Å². The molecule has 1 fully saturated rings. The van der Waals surface area contributed by atoms with Crippen molar-refractivity contribution in [1.82, 2.24) is 14.9 Å². The Morgan fingerprint density at radius 1 is 0.977 bits per heavy atom. The average molecular weight is 595 g/mol. The number of benzene rings is 2. The molecular formula is C31H39FN6O5. The van der Waals surface area contributed by atoms with Gasteiger partial charge in [-0.1, -0.05) is 18.2 Å². The number of ether oxygens (including phenoxy) is 3. The molecule has 0 radical (unpaired) electrons. The van der Waals surface area contributed by atoms with E-state index in [9.17, 15) is 14.0 Å². The molecule has 1 atom stereocenters. The van der Waals surface area contributed by atoms with E-state index in [1.54, 1.807) is 37.3 Å². The van der Waals surface area contributed by atoms with Crippen LogP contribution in [0.3, 0.4) is 0 Å². The van der Waals surface area contributed by atoms with E-state index in [-0.39, 0.29) is 36.8 Å². The maximum absolute atomic E-state index is 13.8. The van der Waals surface area contributed by atoms with Crippen LogP contribution in [0.2, 0.25) is 0 Å². The Balaban J connectivity index is 1.39.